The molecule has 8 nitrogen and oxygen atoms in total. The van der Waals surface area contributed by atoms with Gasteiger partial charge < -0.3 is 14.9 Å². The monoisotopic (exact) mass is 385 g/mol. The Morgan fingerprint density at radius 2 is 2.18 bits per heavy atom. The van der Waals surface area contributed by atoms with Crippen LogP contribution in [0.15, 0.2) is 12.1 Å². The van der Waals surface area contributed by atoms with Gasteiger partial charge in [-0.25, -0.2) is 0 Å². The average molecular weight is 385 g/mol. The number of aliphatic carboxylic acids is 1. The summed E-state index contributed by atoms with van der Waals surface area (Å²) in [6.45, 7) is -0.249. The van der Waals surface area contributed by atoms with E-state index in [1.165, 1.54) is 7.11 Å². The van der Waals surface area contributed by atoms with E-state index in [4.69, 9.17) is 4.74 Å². The second kappa shape index (κ2) is 6.85. The Bertz CT molecular complexity index is 866. The van der Waals surface area contributed by atoms with Crippen molar-refractivity contribution in [1.29, 1.82) is 5.26 Å². The van der Waals surface area contributed by atoms with Gasteiger partial charge in [0.15, 0.2) is 0 Å². The van der Waals surface area contributed by atoms with Crippen LogP contribution in [0.4, 0.5) is 0 Å². The predicted molar refractivity (Wildman–Crippen MR) is 98.0 cm³/mol. The van der Waals surface area contributed by atoms with Crippen LogP contribution in [0.25, 0.3) is 0 Å². The zero-order valence-electron chi connectivity index (χ0n) is 15.8. The number of benzene rings is 1. The van der Waals surface area contributed by atoms with E-state index >= 15 is 0 Å². The molecule has 4 rings (SSSR count). The van der Waals surface area contributed by atoms with Crippen LogP contribution in [0.2, 0.25) is 0 Å². The first kappa shape index (κ1) is 18.9. The van der Waals surface area contributed by atoms with Gasteiger partial charge in [-0.2, -0.15) is 5.26 Å². The molecule has 28 heavy (non-hydrogen) atoms. The molecule has 6 atom stereocenters. The van der Waals surface area contributed by atoms with E-state index in [1.54, 1.807) is 12.1 Å². The second-order valence-corrected chi connectivity index (χ2v) is 7.76. The Hall–Kier alpha value is -2.47. The van der Waals surface area contributed by atoms with Gasteiger partial charge in [-0.05, 0) is 37.6 Å². The van der Waals surface area contributed by atoms with E-state index in [0.29, 0.717) is 24.2 Å². The molecule has 1 unspecified atom stereocenters. The molecule has 8 heteroatoms. The van der Waals surface area contributed by atoms with E-state index in [2.05, 4.69) is 6.07 Å². The molecular weight excluding hydrogens is 362 g/mol. The zero-order valence-corrected chi connectivity index (χ0v) is 15.8. The summed E-state index contributed by atoms with van der Waals surface area (Å²) < 4.78 is 5.50. The first-order valence-electron chi connectivity index (χ1n) is 9.36. The first-order valence-corrected chi connectivity index (χ1v) is 9.36. The summed E-state index contributed by atoms with van der Waals surface area (Å²) in [7, 11) is 3.41. The van der Waals surface area contributed by atoms with Crippen LogP contribution >= 0.6 is 0 Å². The summed E-state index contributed by atoms with van der Waals surface area (Å²) in [5.41, 5.74) is 2.01. The number of fused-ring (bicyclic) bond motifs is 5. The highest BCUT2D eigenvalue weighted by molar-refractivity contribution is 5.79. The van der Waals surface area contributed by atoms with Crippen LogP contribution in [0, 0.1) is 17.2 Å². The summed E-state index contributed by atoms with van der Waals surface area (Å²) in [6.07, 6.45) is 1.61. The summed E-state index contributed by atoms with van der Waals surface area (Å²) in [4.78, 5) is 27.6. The third-order valence-electron chi connectivity index (χ3n) is 6.79. The lowest BCUT2D eigenvalue weighted by molar-refractivity contribution is -0.144. The second-order valence-electron chi connectivity index (χ2n) is 7.76. The van der Waals surface area contributed by atoms with E-state index < -0.39 is 24.0 Å². The highest BCUT2D eigenvalue weighted by atomic mass is 16.5. The summed E-state index contributed by atoms with van der Waals surface area (Å²) in [6, 6.07) is 3.87. The fourth-order valence-corrected chi connectivity index (χ4v) is 5.68. The van der Waals surface area contributed by atoms with Gasteiger partial charge in [0.25, 0.3) is 0 Å². The van der Waals surface area contributed by atoms with Crippen molar-refractivity contribution in [2.75, 3.05) is 20.8 Å². The standard InChI is InChI=1S/C20H23N3O5/c1-22-13-6-12(20(26)27)19(22)14-5-11-10(8-24)3-4-17(28-2)18(11)16(9-25)23(14)15(13)7-21/h3-4,8,12-16,19,25H,5-6,9H2,1-2H3,(H,26,27)/t12-,13+,14+,15?,16+,19-/m1/s1. The minimum absolute atomic E-state index is 0.219. The molecule has 148 valence electrons. The molecule has 1 aromatic carbocycles. The number of hydrogen-bond acceptors (Lipinski definition) is 7. The average Bonchev–Trinajstić information content (AvgIpc) is 2.95. The lowest BCUT2D eigenvalue weighted by Crippen LogP contribution is -2.67. The number of methoxy groups -OCH3 is 1. The van der Waals surface area contributed by atoms with Gasteiger partial charge in [0.1, 0.15) is 18.1 Å². The fourth-order valence-electron chi connectivity index (χ4n) is 5.68. The SMILES string of the molecule is COc1ccc(C=O)c2c1[C@H](CO)N1C(C#N)[C@@H]3C[C@@H](C(=O)O)[C@H]([C@@H]1C2)N3C. The Morgan fingerprint density at radius 3 is 2.75 bits per heavy atom. The molecule has 2 bridgehead atoms. The molecule has 3 aliphatic rings. The maximum atomic E-state index is 11.9. The number of carbonyl (C=O) groups excluding carboxylic acids is 1. The molecule has 0 spiro atoms. The van der Waals surface area contributed by atoms with Crippen molar-refractivity contribution < 1.29 is 24.5 Å². The predicted octanol–water partition coefficient (Wildman–Crippen LogP) is 0.447. The topological polar surface area (TPSA) is 114 Å². The van der Waals surface area contributed by atoms with Crippen LogP contribution in [0.3, 0.4) is 0 Å². The number of piperazine rings is 1. The van der Waals surface area contributed by atoms with Gasteiger partial charge in [0.05, 0.1) is 31.7 Å². The van der Waals surface area contributed by atoms with Crippen molar-refractivity contribution >= 4 is 12.3 Å². The van der Waals surface area contributed by atoms with Crippen molar-refractivity contribution in [2.24, 2.45) is 5.92 Å². The third-order valence-corrected chi connectivity index (χ3v) is 6.79. The fraction of sp³-hybridized carbons (Fsp3) is 0.550. The quantitative estimate of drug-likeness (QED) is 0.718. The van der Waals surface area contributed by atoms with E-state index in [9.17, 15) is 25.1 Å². The van der Waals surface area contributed by atoms with Gasteiger partial charge in [0, 0.05) is 29.3 Å². The number of carboxylic acids is 1. The van der Waals surface area contributed by atoms with E-state index in [1.807, 2.05) is 16.8 Å². The minimum atomic E-state index is -0.870. The van der Waals surface area contributed by atoms with Crippen LogP contribution in [-0.4, -0.2) is 77.2 Å². The van der Waals surface area contributed by atoms with Gasteiger partial charge in [-0.3, -0.25) is 19.4 Å². The lowest BCUT2D eigenvalue weighted by atomic mass is 9.79. The van der Waals surface area contributed by atoms with Gasteiger partial charge >= 0.3 is 5.97 Å². The number of aliphatic hydroxyl groups excluding tert-OH is 1. The summed E-state index contributed by atoms with van der Waals surface area (Å²) in [5.74, 6) is -0.895. The summed E-state index contributed by atoms with van der Waals surface area (Å²) in [5, 5.41) is 30.0. The molecule has 3 aliphatic heterocycles. The molecule has 2 fully saturated rings. The van der Waals surface area contributed by atoms with Crippen LogP contribution in [-0.2, 0) is 11.2 Å². The largest absolute Gasteiger partial charge is 0.496 e. The van der Waals surface area contributed by atoms with Gasteiger partial charge in [-0.1, -0.05) is 0 Å². The number of carbonyl (C=O) groups is 2. The number of likely N-dealkylation sites (N-methyl/N-ethyl adjacent to an activating group) is 1. The molecule has 0 radical (unpaired) electrons. The Balaban J connectivity index is 1.92. The molecule has 0 aliphatic carbocycles. The smallest absolute Gasteiger partial charge is 0.308 e. The number of rotatable bonds is 4. The number of nitrogens with zero attached hydrogens (tertiary/aromatic N) is 3. The maximum Gasteiger partial charge on any atom is 0.308 e. The number of carboxylic acid groups (broad SMARTS) is 1. The number of aliphatic hydroxyl groups is 1. The molecule has 2 saturated heterocycles. The maximum absolute atomic E-state index is 11.9. The van der Waals surface area contributed by atoms with Crippen LogP contribution in [0.1, 0.15) is 33.9 Å². The lowest BCUT2D eigenvalue weighted by Gasteiger charge is -2.54. The van der Waals surface area contributed by atoms with Crippen molar-refractivity contribution in [3.8, 4) is 11.8 Å². The van der Waals surface area contributed by atoms with Crippen molar-refractivity contribution in [1.82, 2.24) is 9.80 Å². The zero-order chi connectivity index (χ0) is 20.2. The highest BCUT2D eigenvalue weighted by Gasteiger charge is 2.59. The molecular formula is C20H23N3O5. The Labute approximate surface area is 162 Å². The Morgan fingerprint density at radius 1 is 1.43 bits per heavy atom. The summed E-state index contributed by atoms with van der Waals surface area (Å²) >= 11 is 0. The molecule has 2 N–H and O–H groups in total. The number of aldehydes is 1. The molecule has 1 aromatic rings. The molecule has 0 amide bonds. The Kier molecular flexibility index (Phi) is 4.62. The highest BCUT2D eigenvalue weighted by Crippen LogP contribution is 2.50. The third kappa shape index (κ3) is 2.40. The molecule has 0 aromatic heterocycles. The van der Waals surface area contributed by atoms with Crippen molar-refractivity contribution in [3.63, 3.8) is 0 Å². The van der Waals surface area contributed by atoms with Crippen molar-refractivity contribution in [3.05, 3.63) is 28.8 Å². The van der Waals surface area contributed by atoms with Gasteiger partial charge in [0.2, 0.25) is 0 Å². The number of ether oxygens (including phenoxy) is 1. The molecule has 3 heterocycles. The van der Waals surface area contributed by atoms with Crippen LogP contribution < -0.4 is 4.74 Å². The number of nitriles is 1. The molecule has 0 saturated carbocycles. The van der Waals surface area contributed by atoms with Crippen LogP contribution in [0.5, 0.6) is 5.75 Å². The van der Waals surface area contributed by atoms with Gasteiger partial charge in [-0.15, -0.1) is 0 Å². The van der Waals surface area contributed by atoms with E-state index in [0.717, 1.165) is 17.4 Å². The van der Waals surface area contributed by atoms with Crippen molar-refractivity contribution in [2.45, 2.75) is 43.1 Å². The number of hydrogen-bond donors (Lipinski definition) is 2. The minimum Gasteiger partial charge on any atom is -0.496 e. The van der Waals surface area contributed by atoms with E-state index in [-0.39, 0.29) is 24.7 Å². The normalized spacial score (nSPS) is 34.2. The first-order chi connectivity index (χ1) is 13.5.